The largest absolute Gasteiger partial charge is 0.488 e. The van der Waals surface area contributed by atoms with Crippen LogP contribution in [0.1, 0.15) is 11.1 Å². The van der Waals surface area contributed by atoms with Crippen molar-refractivity contribution in [3.63, 3.8) is 0 Å². The highest BCUT2D eigenvalue weighted by atomic mass is 79.9. The Bertz CT molecular complexity index is 973. The molecule has 1 saturated heterocycles. The van der Waals surface area contributed by atoms with Gasteiger partial charge < -0.3 is 4.74 Å². The van der Waals surface area contributed by atoms with Crippen molar-refractivity contribution in [1.82, 2.24) is 10.2 Å². The van der Waals surface area contributed by atoms with Gasteiger partial charge in [-0.3, -0.25) is 19.8 Å². The van der Waals surface area contributed by atoms with Gasteiger partial charge in [0.15, 0.2) is 5.11 Å². The van der Waals surface area contributed by atoms with Crippen molar-refractivity contribution in [3.8, 4) is 5.75 Å². The molecule has 0 radical (unpaired) electrons. The van der Waals surface area contributed by atoms with Crippen LogP contribution in [-0.2, 0) is 16.2 Å². The van der Waals surface area contributed by atoms with Crippen LogP contribution in [0.5, 0.6) is 5.75 Å². The molecule has 2 aromatic carbocycles. The average Bonchev–Trinajstić information content (AvgIpc) is 2.68. The number of halogens is 1. The molecular weight excluding hydrogens is 440 g/mol. The number of amides is 2. The van der Waals surface area contributed by atoms with Gasteiger partial charge in [0, 0.05) is 6.54 Å². The second kappa shape index (κ2) is 8.95. The third-order valence-electron chi connectivity index (χ3n) is 4.00. The molecule has 142 valence electrons. The lowest BCUT2D eigenvalue weighted by Gasteiger charge is -2.27. The minimum absolute atomic E-state index is 0.0142. The van der Waals surface area contributed by atoms with Crippen LogP contribution in [0.3, 0.4) is 0 Å². The molecule has 0 unspecified atom stereocenters. The number of rotatable bonds is 6. The van der Waals surface area contributed by atoms with Crippen molar-refractivity contribution in [3.05, 3.63) is 82.4 Å². The Morgan fingerprint density at radius 1 is 1.18 bits per heavy atom. The molecule has 1 N–H and O–H groups in total. The minimum Gasteiger partial charge on any atom is -0.488 e. The lowest BCUT2D eigenvalue weighted by molar-refractivity contribution is -0.128. The molecule has 2 aromatic rings. The normalized spacial score (nSPS) is 15.5. The van der Waals surface area contributed by atoms with Gasteiger partial charge in [0.05, 0.1) is 4.47 Å². The third kappa shape index (κ3) is 4.55. The predicted octanol–water partition coefficient (Wildman–Crippen LogP) is 3.84. The van der Waals surface area contributed by atoms with Crippen molar-refractivity contribution in [2.45, 2.75) is 6.61 Å². The predicted molar refractivity (Wildman–Crippen MR) is 116 cm³/mol. The SMILES string of the molecule is C=CCN1C(=O)/C(=C\c2ccc(OCc3ccccc3)c(Br)c2)C(=O)NC1=S. The first-order valence-electron chi connectivity index (χ1n) is 8.45. The molecule has 3 rings (SSSR count). The highest BCUT2D eigenvalue weighted by molar-refractivity contribution is 9.10. The van der Waals surface area contributed by atoms with E-state index in [1.165, 1.54) is 11.0 Å². The standard InChI is InChI=1S/C21H17BrN2O3S/c1-2-10-24-20(26)16(19(25)23-21(24)28)11-15-8-9-18(17(22)12-15)27-13-14-6-4-3-5-7-14/h2-9,11-12H,1,10,13H2,(H,23,25,28)/b16-11-. The van der Waals surface area contributed by atoms with E-state index in [2.05, 4.69) is 27.8 Å². The van der Waals surface area contributed by atoms with Crippen LogP contribution >= 0.6 is 28.1 Å². The molecule has 0 aliphatic carbocycles. The summed E-state index contributed by atoms with van der Waals surface area (Å²) in [5.74, 6) is -0.301. The Morgan fingerprint density at radius 3 is 2.61 bits per heavy atom. The second-order valence-corrected chi connectivity index (χ2v) is 7.23. The summed E-state index contributed by atoms with van der Waals surface area (Å²) in [7, 11) is 0. The summed E-state index contributed by atoms with van der Waals surface area (Å²) in [5, 5.41) is 2.61. The molecule has 5 nitrogen and oxygen atoms in total. The summed E-state index contributed by atoms with van der Waals surface area (Å²) in [6.07, 6.45) is 3.08. The first-order valence-corrected chi connectivity index (χ1v) is 9.65. The van der Waals surface area contributed by atoms with Gasteiger partial charge in [-0.25, -0.2) is 0 Å². The zero-order valence-electron chi connectivity index (χ0n) is 14.9. The maximum absolute atomic E-state index is 12.6. The third-order valence-corrected chi connectivity index (χ3v) is 4.94. The van der Waals surface area contributed by atoms with Crippen LogP contribution < -0.4 is 10.1 Å². The highest BCUT2D eigenvalue weighted by Crippen LogP contribution is 2.28. The van der Waals surface area contributed by atoms with Crippen molar-refractivity contribution in [2.75, 3.05) is 6.54 Å². The number of thiocarbonyl (C=S) groups is 1. The quantitative estimate of drug-likeness (QED) is 0.310. The first kappa shape index (κ1) is 20.0. The highest BCUT2D eigenvalue weighted by Gasteiger charge is 2.32. The number of carbonyl (C=O) groups excluding carboxylic acids is 2. The van der Waals surface area contributed by atoms with E-state index in [1.807, 2.05) is 30.3 Å². The Balaban J connectivity index is 1.79. The molecule has 1 aliphatic rings. The molecule has 0 saturated carbocycles. The molecule has 0 bridgehead atoms. The van der Waals surface area contributed by atoms with Gasteiger partial charge in [-0.2, -0.15) is 0 Å². The van der Waals surface area contributed by atoms with E-state index >= 15 is 0 Å². The summed E-state index contributed by atoms with van der Waals surface area (Å²) in [4.78, 5) is 26.1. The van der Waals surface area contributed by atoms with Crippen molar-refractivity contribution < 1.29 is 14.3 Å². The fourth-order valence-electron chi connectivity index (χ4n) is 2.61. The monoisotopic (exact) mass is 456 g/mol. The molecule has 1 fully saturated rings. The van der Waals surface area contributed by atoms with E-state index in [0.717, 1.165) is 10.0 Å². The summed E-state index contributed by atoms with van der Waals surface area (Å²) < 4.78 is 6.55. The second-order valence-electron chi connectivity index (χ2n) is 5.99. The van der Waals surface area contributed by atoms with Crippen LogP contribution in [0.25, 0.3) is 6.08 Å². The Morgan fingerprint density at radius 2 is 1.93 bits per heavy atom. The van der Waals surface area contributed by atoms with Gasteiger partial charge in [-0.15, -0.1) is 6.58 Å². The van der Waals surface area contributed by atoms with E-state index in [-0.39, 0.29) is 17.2 Å². The van der Waals surface area contributed by atoms with Crippen molar-refractivity contribution in [1.29, 1.82) is 0 Å². The molecule has 2 amide bonds. The summed E-state index contributed by atoms with van der Waals surface area (Å²) in [6, 6.07) is 15.2. The van der Waals surface area contributed by atoms with Crippen LogP contribution in [0.4, 0.5) is 0 Å². The lowest BCUT2D eigenvalue weighted by atomic mass is 10.1. The van der Waals surface area contributed by atoms with E-state index < -0.39 is 11.8 Å². The van der Waals surface area contributed by atoms with Crippen molar-refractivity contribution >= 4 is 51.2 Å². The summed E-state index contributed by atoms with van der Waals surface area (Å²) in [6.45, 7) is 4.27. The number of nitrogens with one attached hydrogen (secondary N) is 1. The summed E-state index contributed by atoms with van der Waals surface area (Å²) >= 11 is 8.52. The van der Waals surface area contributed by atoms with Crippen LogP contribution in [0, 0.1) is 0 Å². The molecule has 0 aromatic heterocycles. The van der Waals surface area contributed by atoms with Gasteiger partial charge in [-0.05, 0) is 57.5 Å². The number of hydrogen-bond donors (Lipinski definition) is 1. The van der Waals surface area contributed by atoms with Gasteiger partial charge >= 0.3 is 0 Å². The number of carbonyl (C=O) groups is 2. The maximum Gasteiger partial charge on any atom is 0.265 e. The molecule has 7 heteroatoms. The van der Waals surface area contributed by atoms with Crippen molar-refractivity contribution in [2.24, 2.45) is 0 Å². The number of nitrogens with zero attached hydrogens (tertiary/aromatic N) is 1. The maximum atomic E-state index is 12.6. The number of ether oxygens (including phenoxy) is 1. The zero-order valence-corrected chi connectivity index (χ0v) is 17.3. The van der Waals surface area contributed by atoms with Crippen LogP contribution in [-0.4, -0.2) is 28.4 Å². The average molecular weight is 457 g/mol. The minimum atomic E-state index is -0.518. The van der Waals surface area contributed by atoms with Crippen LogP contribution in [0.15, 0.2) is 71.2 Å². The molecule has 0 spiro atoms. The molecule has 1 heterocycles. The van der Waals surface area contributed by atoms with Crippen LogP contribution in [0.2, 0.25) is 0 Å². The Hall–Kier alpha value is -2.77. The fraction of sp³-hybridized carbons (Fsp3) is 0.0952. The zero-order chi connectivity index (χ0) is 20.1. The topological polar surface area (TPSA) is 58.6 Å². The first-order chi connectivity index (χ1) is 13.5. The lowest BCUT2D eigenvalue weighted by Crippen LogP contribution is -2.53. The molecule has 0 atom stereocenters. The fourth-order valence-corrected chi connectivity index (χ4v) is 3.38. The Labute approximate surface area is 176 Å². The summed E-state index contributed by atoms with van der Waals surface area (Å²) in [5.41, 5.74) is 1.76. The van der Waals surface area contributed by atoms with E-state index in [0.29, 0.717) is 17.9 Å². The van der Waals surface area contributed by atoms with E-state index in [9.17, 15) is 9.59 Å². The van der Waals surface area contributed by atoms with E-state index in [4.69, 9.17) is 17.0 Å². The molecule has 1 aliphatic heterocycles. The number of benzene rings is 2. The smallest absolute Gasteiger partial charge is 0.265 e. The molecule has 28 heavy (non-hydrogen) atoms. The Kier molecular flexibility index (Phi) is 6.38. The van der Waals surface area contributed by atoms with Gasteiger partial charge in [0.25, 0.3) is 11.8 Å². The number of hydrogen-bond acceptors (Lipinski definition) is 4. The van der Waals surface area contributed by atoms with Gasteiger partial charge in [0.1, 0.15) is 17.9 Å². The van der Waals surface area contributed by atoms with Gasteiger partial charge in [0.2, 0.25) is 0 Å². The van der Waals surface area contributed by atoms with Gasteiger partial charge in [-0.1, -0.05) is 42.5 Å². The van der Waals surface area contributed by atoms with E-state index in [1.54, 1.807) is 24.3 Å². The molecular formula is C21H17BrN2O3S.